The summed E-state index contributed by atoms with van der Waals surface area (Å²) in [7, 11) is 3.07. The van der Waals surface area contributed by atoms with Gasteiger partial charge in [-0.2, -0.15) is 0 Å². The number of hydrogen-bond acceptors (Lipinski definition) is 6. The first-order valence-electron chi connectivity index (χ1n) is 5.90. The highest BCUT2D eigenvalue weighted by molar-refractivity contribution is 5.24. The van der Waals surface area contributed by atoms with E-state index in [4.69, 9.17) is 14.2 Å². The molecule has 106 valence electrons. The predicted octanol–water partition coefficient (Wildman–Crippen LogP) is 1.20. The molecule has 2 rings (SSSR count). The Morgan fingerprint density at radius 3 is 2.58 bits per heavy atom. The third kappa shape index (κ3) is 2.06. The number of fused-ring (bicyclic) bond motifs is 1. The Balaban J connectivity index is 2.32. The third-order valence-electron chi connectivity index (χ3n) is 3.42. The Hall–Kier alpha value is -1.67. The molecule has 2 heterocycles. The normalized spacial score (nSPS) is 21.8. The number of aromatic nitrogens is 2. The van der Waals surface area contributed by atoms with E-state index >= 15 is 0 Å². The summed E-state index contributed by atoms with van der Waals surface area (Å²) < 4.78 is 18.1. The molecule has 1 aliphatic heterocycles. The molecule has 1 atom stereocenters. The highest BCUT2D eigenvalue weighted by atomic mass is 16.7. The van der Waals surface area contributed by atoms with E-state index in [9.17, 15) is 10.1 Å². The van der Waals surface area contributed by atoms with Gasteiger partial charge in [-0.05, 0) is 4.92 Å². The molecule has 0 aromatic carbocycles. The SMILES string of the molecule is COC(OC)C1(C(C)C)Cn2cc([N+](=O)[O-])nc2O1. The lowest BCUT2D eigenvalue weighted by atomic mass is 9.89. The van der Waals surface area contributed by atoms with E-state index in [0.717, 1.165) is 0 Å². The van der Waals surface area contributed by atoms with Crippen LogP contribution in [0.4, 0.5) is 5.82 Å². The van der Waals surface area contributed by atoms with Gasteiger partial charge >= 0.3 is 11.8 Å². The maximum atomic E-state index is 10.7. The topological polar surface area (TPSA) is 88.7 Å². The molecule has 1 aliphatic rings. The Morgan fingerprint density at radius 2 is 2.16 bits per heavy atom. The number of hydrogen-bond donors (Lipinski definition) is 0. The second kappa shape index (κ2) is 4.78. The van der Waals surface area contributed by atoms with Gasteiger partial charge in [0.25, 0.3) is 0 Å². The second-order valence-electron chi connectivity index (χ2n) is 4.78. The van der Waals surface area contributed by atoms with E-state index in [1.54, 1.807) is 4.57 Å². The van der Waals surface area contributed by atoms with Crippen molar-refractivity contribution in [1.82, 2.24) is 9.55 Å². The van der Waals surface area contributed by atoms with E-state index in [1.165, 1.54) is 20.4 Å². The fourth-order valence-electron chi connectivity index (χ4n) is 2.33. The number of rotatable bonds is 5. The van der Waals surface area contributed by atoms with E-state index < -0.39 is 16.8 Å². The molecule has 0 fully saturated rings. The summed E-state index contributed by atoms with van der Waals surface area (Å²) in [5, 5.41) is 10.7. The summed E-state index contributed by atoms with van der Waals surface area (Å²) in [5.74, 6) is -0.142. The van der Waals surface area contributed by atoms with E-state index in [2.05, 4.69) is 4.98 Å². The summed E-state index contributed by atoms with van der Waals surface area (Å²) >= 11 is 0. The molecule has 0 amide bonds. The summed E-state index contributed by atoms with van der Waals surface area (Å²) in [4.78, 5) is 14.0. The average Bonchev–Trinajstić information content (AvgIpc) is 2.86. The number of imidazole rings is 1. The molecule has 0 saturated heterocycles. The fourth-order valence-corrected chi connectivity index (χ4v) is 2.33. The molecule has 0 bridgehead atoms. The monoisotopic (exact) mass is 271 g/mol. The lowest BCUT2D eigenvalue weighted by Gasteiger charge is -2.36. The summed E-state index contributed by atoms with van der Waals surface area (Å²) in [6.07, 6.45) is 0.787. The van der Waals surface area contributed by atoms with Gasteiger partial charge < -0.3 is 24.3 Å². The Bertz CT molecular complexity index is 457. The van der Waals surface area contributed by atoms with Crippen molar-refractivity contribution in [2.75, 3.05) is 14.2 Å². The van der Waals surface area contributed by atoms with Gasteiger partial charge in [0.2, 0.25) is 0 Å². The lowest BCUT2D eigenvalue weighted by molar-refractivity contribution is -0.389. The molecule has 1 unspecified atom stereocenters. The molecule has 1 aromatic heterocycles. The van der Waals surface area contributed by atoms with Crippen LogP contribution in [0.25, 0.3) is 0 Å². The Morgan fingerprint density at radius 1 is 1.53 bits per heavy atom. The lowest BCUT2D eigenvalue weighted by Crippen LogP contribution is -2.53. The van der Waals surface area contributed by atoms with Gasteiger partial charge in [-0.1, -0.05) is 13.8 Å². The van der Waals surface area contributed by atoms with Gasteiger partial charge in [0.1, 0.15) is 6.20 Å². The van der Waals surface area contributed by atoms with Crippen LogP contribution >= 0.6 is 0 Å². The fraction of sp³-hybridized carbons (Fsp3) is 0.727. The van der Waals surface area contributed by atoms with Crippen LogP contribution in [0, 0.1) is 16.0 Å². The van der Waals surface area contributed by atoms with Crippen LogP contribution in [0.2, 0.25) is 0 Å². The van der Waals surface area contributed by atoms with Crippen LogP contribution in [0.3, 0.4) is 0 Å². The molecule has 0 spiro atoms. The number of nitrogens with zero attached hydrogens (tertiary/aromatic N) is 3. The predicted molar refractivity (Wildman–Crippen MR) is 64.9 cm³/mol. The maximum Gasteiger partial charge on any atom is 0.415 e. The molecular weight excluding hydrogens is 254 g/mol. The van der Waals surface area contributed by atoms with Gasteiger partial charge in [0.05, 0.1) is 6.54 Å². The van der Waals surface area contributed by atoms with Gasteiger partial charge in [-0.25, -0.2) is 0 Å². The average molecular weight is 271 g/mol. The van der Waals surface area contributed by atoms with Gasteiger partial charge in [0, 0.05) is 25.1 Å². The smallest absolute Gasteiger partial charge is 0.415 e. The van der Waals surface area contributed by atoms with Gasteiger partial charge in [-0.15, -0.1) is 0 Å². The van der Waals surface area contributed by atoms with Crippen molar-refractivity contribution in [2.45, 2.75) is 32.3 Å². The first kappa shape index (κ1) is 13.8. The number of nitro groups is 1. The Labute approximate surface area is 110 Å². The molecule has 19 heavy (non-hydrogen) atoms. The molecule has 0 aliphatic carbocycles. The number of ether oxygens (including phenoxy) is 3. The number of methoxy groups -OCH3 is 2. The Kier molecular flexibility index (Phi) is 3.46. The zero-order valence-corrected chi connectivity index (χ0v) is 11.3. The van der Waals surface area contributed by atoms with E-state index in [-0.39, 0.29) is 17.7 Å². The van der Waals surface area contributed by atoms with Crippen LogP contribution in [0.1, 0.15) is 13.8 Å². The summed E-state index contributed by atoms with van der Waals surface area (Å²) in [6, 6.07) is 0.222. The van der Waals surface area contributed by atoms with Crippen molar-refractivity contribution in [1.29, 1.82) is 0 Å². The van der Waals surface area contributed by atoms with Crippen molar-refractivity contribution in [2.24, 2.45) is 5.92 Å². The summed E-state index contributed by atoms with van der Waals surface area (Å²) in [6.45, 7) is 4.35. The van der Waals surface area contributed by atoms with Crippen molar-refractivity contribution < 1.29 is 19.1 Å². The maximum absolute atomic E-state index is 10.7. The minimum absolute atomic E-state index is 0.0816. The quantitative estimate of drug-likeness (QED) is 0.454. The zero-order chi connectivity index (χ0) is 14.2. The molecule has 8 heteroatoms. The highest BCUT2D eigenvalue weighted by Crippen LogP contribution is 2.39. The van der Waals surface area contributed by atoms with E-state index in [1.807, 2.05) is 13.8 Å². The summed E-state index contributed by atoms with van der Waals surface area (Å²) in [5.41, 5.74) is -0.735. The van der Waals surface area contributed by atoms with Crippen molar-refractivity contribution in [3.05, 3.63) is 16.3 Å². The third-order valence-corrected chi connectivity index (χ3v) is 3.42. The van der Waals surface area contributed by atoms with Gasteiger partial charge in [-0.3, -0.25) is 4.57 Å². The van der Waals surface area contributed by atoms with Crippen molar-refractivity contribution in [3.63, 3.8) is 0 Å². The molecule has 0 N–H and O–H groups in total. The largest absolute Gasteiger partial charge is 0.432 e. The van der Waals surface area contributed by atoms with Gasteiger partial charge in [0.15, 0.2) is 11.9 Å². The molecule has 0 saturated carbocycles. The minimum Gasteiger partial charge on any atom is -0.432 e. The standard InChI is InChI=1S/C11H17N3O5/c1-7(2)11(9(17-3)18-4)6-13-5-8(14(15)16)12-10(13)19-11/h5,7,9H,6H2,1-4H3. The van der Waals surface area contributed by atoms with Crippen LogP contribution in [-0.2, 0) is 16.0 Å². The van der Waals surface area contributed by atoms with Crippen LogP contribution in [0.5, 0.6) is 6.01 Å². The molecule has 8 nitrogen and oxygen atoms in total. The van der Waals surface area contributed by atoms with Crippen LogP contribution < -0.4 is 4.74 Å². The first-order valence-corrected chi connectivity index (χ1v) is 5.90. The van der Waals surface area contributed by atoms with Crippen molar-refractivity contribution in [3.8, 4) is 6.01 Å². The van der Waals surface area contributed by atoms with E-state index in [0.29, 0.717) is 6.54 Å². The van der Waals surface area contributed by atoms with Crippen LogP contribution in [-0.4, -0.2) is 40.6 Å². The zero-order valence-electron chi connectivity index (χ0n) is 11.3. The first-order chi connectivity index (χ1) is 8.94. The van der Waals surface area contributed by atoms with Crippen molar-refractivity contribution >= 4 is 5.82 Å². The van der Waals surface area contributed by atoms with Crippen LogP contribution in [0.15, 0.2) is 6.20 Å². The molecular formula is C11H17N3O5. The molecule has 0 radical (unpaired) electrons. The molecule has 1 aromatic rings. The minimum atomic E-state index is -0.735. The highest BCUT2D eigenvalue weighted by Gasteiger charge is 2.52. The second-order valence-corrected chi connectivity index (χ2v) is 4.78.